The van der Waals surface area contributed by atoms with Gasteiger partial charge >= 0.3 is 0 Å². The second-order valence-corrected chi connectivity index (χ2v) is 11.3. The smallest absolute Gasteiger partial charge is 0.255 e. The third kappa shape index (κ3) is 5.03. The van der Waals surface area contributed by atoms with Crippen LogP contribution in [0.5, 0.6) is 0 Å². The number of carbonyl (C=O) groups excluding carboxylic acids is 1. The summed E-state index contributed by atoms with van der Waals surface area (Å²) in [6, 6.07) is 13.7. The summed E-state index contributed by atoms with van der Waals surface area (Å²) in [5.74, 6) is 0.806. The van der Waals surface area contributed by atoms with Gasteiger partial charge in [0.05, 0.1) is 22.8 Å². The molecule has 1 saturated heterocycles. The molecule has 184 valence electrons. The topological polar surface area (TPSA) is 93.5 Å². The number of aryl methyl sites for hydroxylation is 2. The van der Waals surface area contributed by atoms with Gasteiger partial charge in [-0.05, 0) is 63.1 Å². The minimum Gasteiger partial charge on any atom is -0.373 e. The van der Waals surface area contributed by atoms with Gasteiger partial charge < -0.3 is 14.6 Å². The Morgan fingerprint density at radius 3 is 2.51 bits per heavy atom. The molecule has 0 saturated carbocycles. The SMILES string of the molecule is CC1CN(S(=O)(=O)c2ccc(C(=O)Nc3cccc(-c4cn5c(n4)CCCC5)c3)cc2)CC(C)O1. The van der Waals surface area contributed by atoms with E-state index in [2.05, 4.69) is 16.1 Å². The first-order valence-corrected chi connectivity index (χ1v) is 13.5. The van der Waals surface area contributed by atoms with E-state index in [0.29, 0.717) is 24.3 Å². The highest BCUT2D eigenvalue weighted by molar-refractivity contribution is 7.89. The van der Waals surface area contributed by atoms with Gasteiger partial charge in [0, 0.05) is 49.1 Å². The number of sulfonamides is 1. The fourth-order valence-electron chi connectivity index (χ4n) is 4.77. The van der Waals surface area contributed by atoms with Crippen molar-refractivity contribution in [2.45, 2.75) is 56.8 Å². The number of fused-ring (bicyclic) bond motifs is 1. The van der Waals surface area contributed by atoms with Crippen LogP contribution in [0.1, 0.15) is 42.9 Å². The van der Waals surface area contributed by atoms with Crippen LogP contribution in [-0.4, -0.2) is 53.5 Å². The first kappa shape index (κ1) is 23.7. The number of hydrogen-bond donors (Lipinski definition) is 1. The molecule has 3 aromatic rings. The molecule has 1 amide bonds. The second kappa shape index (κ2) is 9.56. The number of rotatable bonds is 5. The number of nitrogens with one attached hydrogen (secondary N) is 1. The molecule has 2 unspecified atom stereocenters. The minimum absolute atomic E-state index is 0.165. The molecule has 2 aliphatic heterocycles. The Morgan fingerprint density at radius 1 is 1.06 bits per heavy atom. The van der Waals surface area contributed by atoms with E-state index >= 15 is 0 Å². The van der Waals surface area contributed by atoms with E-state index in [9.17, 15) is 13.2 Å². The lowest BCUT2D eigenvalue weighted by molar-refractivity contribution is -0.0440. The highest BCUT2D eigenvalue weighted by atomic mass is 32.2. The number of imidazole rings is 1. The molecule has 5 rings (SSSR count). The Bertz CT molecular complexity index is 1300. The van der Waals surface area contributed by atoms with Crippen molar-refractivity contribution in [1.82, 2.24) is 13.9 Å². The van der Waals surface area contributed by atoms with Crippen LogP contribution in [0.4, 0.5) is 5.69 Å². The zero-order chi connectivity index (χ0) is 24.6. The summed E-state index contributed by atoms with van der Waals surface area (Å²) in [6.45, 7) is 5.34. The summed E-state index contributed by atoms with van der Waals surface area (Å²) in [5.41, 5.74) is 2.89. The molecule has 8 nitrogen and oxygen atoms in total. The molecule has 2 atom stereocenters. The highest BCUT2D eigenvalue weighted by Crippen LogP contribution is 2.26. The van der Waals surface area contributed by atoms with Crippen molar-refractivity contribution in [3.8, 4) is 11.3 Å². The summed E-state index contributed by atoms with van der Waals surface area (Å²) >= 11 is 0. The number of ether oxygens (including phenoxy) is 1. The van der Waals surface area contributed by atoms with Crippen LogP contribution in [0.3, 0.4) is 0 Å². The van der Waals surface area contributed by atoms with E-state index in [-0.39, 0.29) is 23.0 Å². The van der Waals surface area contributed by atoms with Crippen LogP contribution in [-0.2, 0) is 27.7 Å². The van der Waals surface area contributed by atoms with Crippen molar-refractivity contribution < 1.29 is 17.9 Å². The lowest BCUT2D eigenvalue weighted by atomic mass is 10.1. The van der Waals surface area contributed by atoms with Crippen LogP contribution >= 0.6 is 0 Å². The molecule has 0 spiro atoms. The van der Waals surface area contributed by atoms with Crippen molar-refractivity contribution in [1.29, 1.82) is 0 Å². The molecule has 9 heteroatoms. The van der Waals surface area contributed by atoms with Gasteiger partial charge in [0.1, 0.15) is 5.82 Å². The fraction of sp³-hybridized carbons (Fsp3) is 0.385. The number of carbonyl (C=O) groups is 1. The average Bonchev–Trinajstić information content (AvgIpc) is 3.28. The summed E-state index contributed by atoms with van der Waals surface area (Å²) in [7, 11) is -3.65. The van der Waals surface area contributed by atoms with Crippen LogP contribution in [0.15, 0.2) is 59.6 Å². The predicted octanol–water partition coefficient (Wildman–Crippen LogP) is 3.94. The van der Waals surface area contributed by atoms with Gasteiger partial charge in [0.2, 0.25) is 10.0 Å². The lowest BCUT2D eigenvalue weighted by Gasteiger charge is -2.34. The molecule has 3 heterocycles. The Hall–Kier alpha value is -3.01. The van der Waals surface area contributed by atoms with Crippen molar-refractivity contribution in [3.05, 3.63) is 66.1 Å². The standard InChI is InChI=1S/C26H30N4O4S/c1-18-15-30(16-19(2)34-18)35(32,33)23-11-9-20(10-12-23)26(31)27-22-7-5-6-21(14-22)24-17-29-13-4-3-8-25(29)28-24/h5-7,9-12,14,17-19H,3-4,8,13,15-16H2,1-2H3,(H,27,31). The quantitative estimate of drug-likeness (QED) is 0.580. The maximum atomic E-state index is 13.1. The van der Waals surface area contributed by atoms with E-state index in [1.54, 1.807) is 12.1 Å². The zero-order valence-electron chi connectivity index (χ0n) is 20.0. The molecule has 0 radical (unpaired) electrons. The number of benzene rings is 2. The first-order valence-electron chi connectivity index (χ1n) is 12.0. The van der Waals surface area contributed by atoms with Crippen molar-refractivity contribution in [2.75, 3.05) is 18.4 Å². The van der Waals surface area contributed by atoms with E-state index in [4.69, 9.17) is 9.72 Å². The fourth-order valence-corrected chi connectivity index (χ4v) is 6.36. The molecular formula is C26H30N4O4S. The Kier molecular flexibility index (Phi) is 6.48. The summed E-state index contributed by atoms with van der Waals surface area (Å²) in [6.07, 6.45) is 5.07. The molecule has 0 aliphatic carbocycles. The van der Waals surface area contributed by atoms with Gasteiger partial charge in [-0.25, -0.2) is 13.4 Å². The van der Waals surface area contributed by atoms with Crippen LogP contribution in [0, 0.1) is 0 Å². The summed E-state index contributed by atoms with van der Waals surface area (Å²) < 4.78 is 35.4. The van der Waals surface area contributed by atoms with E-state index in [0.717, 1.165) is 36.5 Å². The second-order valence-electron chi connectivity index (χ2n) is 9.33. The van der Waals surface area contributed by atoms with Gasteiger partial charge in [-0.2, -0.15) is 4.31 Å². The average molecular weight is 495 g/mol. The van der Waals surface area contributed by atoms with Gasteiger partial charge in [-0.1, -0.05) is 12.1 Å². The molecular weight excluding hydrogens is 464 g/mol. The number of anilines is 1. The lowest BCUT2D eigenvalue weighted by Crippen LogP contribution is -2.48. The zero-order valence-corrected chi connectivity index (χ0v) is 20.8. The Morgan fingerprint density at radius 2 is 1.80 bits per heavy atom. The van der Waals surface area contributed by atoms with Crippen molar-refractivity contribution in [2.24, 2.45) is 0 Å². The predicted molar refractivity (Wildman–Crippen MR) is 134 cm³/mol. The minimum atomic E-state index is -3.65. The monoisotopic (exact) mass is 494 g/mol. The van der Waals surface area contributed by atoms with Gasteiger partial charge in [0.15, 0.2) is 0 Å². The molecule has 2 aromatic carbocycles. The van der Waals surface area contributed by atoms with Crippen molar-refractivity contribution >= 4 is 21.6 Å². The van der Waals surface area contributed by atoms with E-state index in [1.807, 2.05) is 38.1 Å². The molecule has 0 bridgehead atoms. The maximum absolute atomic E-state index is 13.1. The number of aromatic nitrogens is 2. The molecule has 1 fully saturated rings. The van der Waals surface area contributed by atoms with Crippen LogP contribution < -0.4 is 5.32 Å². The highest BCUT2D eigenvalue weighted by Gasteiger charge is 2.32. The van der Waals surface area contributed by atoms with Crippen LogP contribution in [0.2, 0.25) is 0 Å². The first-order chi connectivity index (χ1) is 16.8. The molecule has 2 aliphatic rings. The summed E-state index contributed by atoms with van der Waals surface area (Å²) in [4.78, 5) is 17.8. The summed E-state index contributed by atoms with van der Waals surface area (Å²) in [5, 5.41) is 2.91. The van der Waals surface area contributed by atoms with Gasteiger partial charge in [-0.3, -0.25) is 4.79 Å². The molecule has 35 heavy (non-hydrogen) atoms. The van der Waals surface area contributed by atoms with Gasteiger partial charge in [-0.15, -0.1) is 0 Å². The number of amides is 1. The number of morpholine rings is 1. The third-order valence-electron chi connectivity index (χ3n) is 6.47. The van der Waals surface area contributed by atoms with E-state index < -0.39 is 10.0 Å². The number of hydrogen-bond acceptors (Lipinski definition) is 5. The normalized spacial score (nSPS) is 20.9. The van der Waals surface area contributed by atoms with Crippen molar-refractivity contribution in [3.63, 3.8) is 0 Å². The molecule has 1 N–H and O–H groups in total. The largest absolute Gasteiger partial charge is 0.373 e. The number of nitrogens with zero attached hydrogens (tertiary/aromatic N) is 3. The Labute approximate surface area is 206 Å². The van der Waals surface area contributed by atoms with Gasteiger partial charge in [0.25, 0.3) is 5.91 Å². The Balaban J connectivity index is 1.29. The third-order valence-corrected chi connectivity index (χ3v) is 8.31. The molecule has 1 aromatic heterocycles. The van der Waals surface area contributed by atoms with E-state index in [1.165, 1.54) is 22.9 Å². The van der Waals surface area contributed by atoms with Crippen LogP contribution in [0.25, 0.3) is 11.3 Å². The maximum Gasteiger partial charge on any atom is 0.255 e.